The number of carbonyl (C=O) groups is 1. The van der Waals surface area contributed by atoms with Crippen molar-refractivity contribution in [3.05, 3.63) is 52.4 Å². The van der Waals surface area contributed by atoms with Gasteiger partial charge in [0.05, 0.1) is 6.61 Å². The molecule has 1 aromatic carbocycles. The maximum Gasteiger partial charge on any atom is 0.343 e. The number of aromatic nitrogens is 2. The summed E-state index contributed by atoms with van der Waals surface area (Å²) in [4.78, 5) is 20.4. The van der Waals surface area contributed by atoms with Gasteiger partial charge in [-0.05, 0) is 24.6 Å². The molecule has 0 unspecified atom stereocenters. The predicted octanol–water partition coefficient (Wildman–Crippen LogP) is 2.94. The molecule has 21 heavy (non-hydrogen) atoms. The molecule has 2 rings (SSSR count). The van der Waals surface area contributed by atoms with Crippen molar-refractivity contribution in [2.24, 2.45) is 0 Å². The van der Waals surface area contributed by atoms with E-state index in [4.69, 9.17) is 16.3 Å². The van der Waals surface area contributed by atoms with Crippen LogP contribution in [0.2, 0.25) is 5.02 Å². The zero-order chi connectivity index (χ0) is 15.2. The highest BCUT2D eigenvalue weighted by Gasteiger charge is 2.15. The summed E-state index contributed by atoms with van der Waals surface area (Å²) in [6.45, 7) is 2.07. The van der Waals surface area contributed by atoms with Crippen LogP contribution in [0.15, 0.2) is 30.5 Å². The van der Waals surface area contributed by atoms with Crippen molar-refractivity contribution >= 4 is 23.4 Å². The molecule has 0 aliphatic heterocycles. The molecule has 2 aromatic rings. The van der Waals surface area contributed by atoms with Gasteiger partial charge in [0.1, 0.15) is 17.2 Å². The zero-order valence-electron chi connectivity index (χ0n) is 11.9. The second-order valence-corrected chi connectivity index (χ2v) is 4.76. The van der Waals surface area contributed by atoms with Gasteiger partial charge < -0.3 is 10.1 Å². The molecule has 5 nitrogen and oxygen atoms in total. The Bertz CT molecular complexity index is 647. The molecular formula is C15H16ClN3O2. The molecule has 0 radical (unpaired) electrons. The van der Waals surface area contributed by atoms with Crippen molar-refractivity contribution in [1.82, 2.24) is 9.97 Å². The molecule has 0 bridgehead atoms. The average Bonchev–Trinajstić information content (AvgIpc) is 2.47. The van der Waals surface area contributed by atoms with Gasteiger partial charge in [0.2, 0.25) is 0 Å². The minimum absolute atomic E-state index is 0.312. The quantitative estimate of drug-likeness (QED) is 0.860. The fourth-order valence-electron chi connectivity index (χ4n) is 1.88. The van der Waals surface area contributed by atoms with Crippen LogP contribution in [0.1, 0.15) is 28.7 Å². The molecule has 0 amide bonds. The van der Waals surface area contributed by atoms with E-state index < -0.39 is 5.97 Å². The Hall–Kier alpha value is -2.14. The van der Waals surface area contributed by atoms with Gasteiger partial charge in [0.15, 0.2) is 0 Å². The minimum atomic E-state index is -0.434. The molecule has 0 aliphatic carbocycles. The summed E-state index contributed by atoms with van der Waals surface area (Å²) in [6.07, 6.45) is 2.02. The number of anilines is 1. The van der Waals surface area contributed by atoms with Crippen molar-refractivity contribution in [2.75, 3.05) is 19.0 Å². The summed E-state index contributed by atoms with van der Waals surface area (Å²) in [7, 11) is 1.70. The highest BCUT2D eigenvalue weighted by atomic mass is 35.5. The average molecular weight is 306 g/mol. The van der Waals surface area contributed by atoms with Gasteiger partial charge in [-0.2, -0.15) is 0 Å². The highest BCUT2D eigenvalue weighted by molar-refractivity contribution is 6.30. The lowest BCUT2D eigenvalue weighted by atomic mass is 10.1. The maximum absolute atomic E-state index is 11.8. The van der Waals surface area contributed by atoms with E-state index in [0.717, 1.165) is 5.56 Å². The van der Waals surface area contributed by atoms with Gasteiger partial charge in [0, 0.05) is 24.7 Å². The third-order valence-electron chi connectivity index (χ3n) is 2.82. The van der Waals surface area contributed by atoms with Crippen LogP contribution in [0, 0.1) is 0 Å². The van der Waals surface area contributed by atoms with Crippen molar-refractivity contribution in [3.8, 4) is 0 Å². The van der Waals surface area contributed by atoms with E-state index in [1.165, 1.54) is 6.20 Å². The number of esters is 1. The van der Waals surface area contributed by atoms with Crippen molar-refractivity contribution in [3.63, 3.8) is 0 Å². The van der Waals surface area contributed by atoms with Crippen molar-refractivity contribution < 1.29 is 9.53 Å². The lowest BCUT2D eigenvalue weighted by Crippen LogP contribution is -2.12. The summed E-state index contributed by atoms with van der Waals surface area (Å²) in [6, 6.07) is 7.51. The van der Waals surface area contributed by atoms with E-state index in [1.807, 2.05) is 24.3 Å². The topological polar surface area (TPSA) is 64.1 Å². The van der Waals surface area contributed by atoms with Crippen LogP contribution in [-0.2, 0) is 11.2 Å². The van der Waals surface area contributed by atoms with Crippen LogP contribution in [0.25, 0.3) is 0 Å². The summed E-state index contributed by atoms with van der Waals surface area (Å²) in [5, 5.41) is 3.57. The summed E-state index contributed by atoms with van der Waals surface area (Å²) >= 11 is 5.96. The standard InChI is InChI=1S/C15H16ClN3O2/c1-3-21-15(20)12-9-18-13(19-14(12)17-2)8-10-5-4-6-11(16)7-10/h4-7,9H,3,8H2,1-2H3,(H,17,18,19). The number of nitrogens with zero attached hydrogens (tertiary/aromatic N) is 2. The van der Waals surface area contributed by atoms with Crippen molar-refractivity contribution in [1.29, 1.82) is 0 Å². The SMILES string of the molecule is CCOC(=O)c1cnc(Cc2cccc(Cl)c2)nc1NC. The van der Waals surface area contributed by atoms with Gasteiger partial charge in [-0.15, -0.1) is 0 Å². The van der Waals surface area contributed by atoms with E-state index >= 15 is 0 Å². The Balaban J connectivity index is 2.24. The molecular weight excluding hydrogens is 290 g/mol. The lowest BCUT2D eigenvalue weighted by Gasteiger charge is -2.09. The van der Waals surface area contributed by atoms with E-state index in [-0.39, 0.29) is 0 Å². The molecule has 110 valence electrons. The monoisotopic (exact) mass is 305 g/mol. The lowest BCUT2D eigenvalue weighted by molar-refractivity contribution is 0.0526. The number of hydrogen-bond donors (Lipinski definition) is 1. The predicted molar refractivity (Wildman–Crippen MR) is 81.8 cm³/mol. The fourth-order valence-corrected chi connectivity index (χ4v) is 2.09. The number of ether oxygens (including phenoxy) is 1. The molecule has 1 heterocycles. The van der Waals surface area contributed by atoms with Gasteiger partial charge >= 0.3 is 5.97 Å². The first-order valence-electron chi connectivity index (χ1n) is 6.59. The van der Waals surface area contributed by atoms with Crippen LogP contribution in [-0.4, -0.2) is 29.6 Å². The Kier molecular flexibility index (Phi) is 5.11. The van der Waals surface area contributed by atoms with E-state index in [9.17, 15) is 4.79 Å². The Labute approximate surface area is 128 Å². The molecule has 0 spiro atoms. The van der Waals surface area contributed by atoms with Crippen LogP contribution < -0.4 is 5.32 Å². The van der Waals surface area contributed by atoms with E-state index in [1.54, 1.807) is 14.0 Å². The van der Waals surface area contributed by atoms with Crippen LogP contribution in [0.4, 0.5) is 5.82 Å². The molecule has 0 aliphatic rings. The van der Waals surface area contributed by atoms with Crippen LogP contribution in [0.3, 0.4) is 0 Å². The largest absolute Gasteiger partial charge is 0.462 e. The summed E-state index contributed by atoms with van der Waals surface area (Å²) in [5.41, 5.74) is 1.34. The number of nitrogens with one attached hydrogen (secondary N) is 1. The fraction of sp³-hybridized carbons (Fsp3) is 0.267. The maximum atomic E-state index is 11.8. The Morgan fingerprint density at radius 3 is 2.90 bits per heavy atom. The van der Waals surface area contributed by atoms with Gasteiger partial charge in [-0.3, -0.25) is 0 Å². The van der Waals surface area contributed by atoms with E-state index in [0.29, 0.717) is 35.3 Å². The van der Waals surface area contributed by atoms with Crippen LogP contribution >= 0.6 is 11.6 Å². The minimum Gasteiger partial charge on any atom is -0.462 e. The first kappa shape index (κ1) is 15.3. The Morgan fingerprint density at radius 2 is 2.24 bits per heavy atom. The zero-order valence-corrected chi connectivity index (χ0v) is 12.6. The summed E-state index contributed by atoms with van der Waals surface area (Å²) < 4.78 is 4.97. The highest BCUT2D eigenvalue weighted by Crippen LogP contribution is 2.16. The number of halogens is 1. The number of hydrogen-bond acceptors (Lipinski definition) is 5. The second-order valence-electron chi connectivity index (χ2n) is 4.33. The third-order valence-corrected chi connectivity index (χ3v) is 3.06. The van der Waals surface area contributed by atoms with Gasteiger partial charge in [-0.1, -0.05) is 23.7 Å². The Morgan fingerprint density at radius 1 is 1.43 bits per heavy atom. The molecule has 1 aromatic heterocycles. The normalized spacial score (nSPS) is 10.2. The summed E-state index contributed by atoms with van der Waals surface area (Å²) in [5.74, 6) is 0.631. The molecule has 0 atom stereocenters. The third kappa shape index (κ3) is 3.92. The number of benzene rings is 1. The van der Waals surface area contributed by atoms with Crippen molar-refractivity contribution in [2.45, 2.75) is 13.3 Å². The molecule has 1 N–H and O–H groups in total. The number of carbonyl (C=O) groups excluding carboxylic acids is 1. The first-order chi connectivity index (χ1) is 10.1. The molecule has 0 fully saturated rings. The molecule has 0 saturated heterocycles. The first-order valence-corrected chi connectivity index (χ1v) is 6.97. The van der Waals surface area contributed by atoms with E-state index in [2.05, 4.69) is 15.3 Å². The smallest absolute Gasteiger partial charge is 0.343 e. The van der Waals surface area contributed by atoms with Gasteiger partial charge in [0.25, 0.3) is 0 Å². The van der Waals surface area contributed by atoms with Crippen LogP contribution in [0.5, 0.6) is 0 Å². The second kappa shape index (κ2) is 7.04. The molecule has 6 heteroatoms. The van der Waals surface area contributed by atoms with Gasteiger partial charge in [-0.25, -0.2) is 14.8 Å². The molecule has 0 saturated carbocycles. The number of rotatable bonds is 5.